The standard InChI is InChI=1S/C8H6ClNO4/c1-4(11)7-5(9)2-3-6(8(7)12)10(13)14/h2-3,12H,1H3. The second-order valence-electron chi connectivity index (χ2n) is 2.60. The fourth-order valence-corrected chi connectivity index (χ4v) is 1.32. The molecule has 0 aromatic heterocycles. The van der Waals surface area contributed by atoms with E-state index in [4.69, 9.17) is 11.6 Å². The number of halogens is 1. The van der Waals surface area contributed by atoms with Gasteiger partial charge in [0, 0.05) is 6.07 Å². The topological polar surface area (TPSA) is 80.4 Å². The van der Waals surface area contributed by atoms with Crippen LogP contribution in [0.5, 0.6) is 5.75 Å². The van der Waals surface area contributed by atoms with Crippen molar-refractivity contribution < 1.29 is 14.8 Å². The van der Waals surface area contributed by atoms with Gasteiger partial charge in [-0.2, -0.15) is 0 Å². The number of nitrogens with zero attached hydrogens (tertiary/aromatic N) is 1. The third kappa shape index (κ3) is 1.67. The molecule has 1 aromatic rings. The molecule has 1 rings (SSSR count). The van der Waals surface area contributed by atoms with Gasteiger partial charge in [0.2, 0.25) is 5.75 Å². The average Bonchev–Trinajstić information content (AvgIpc) is 2.02. The van der Waals surface area contributed by atoms with Crippen LogP contribution in [0.1, 0.15) is 17.3 Å². The third-order valence-corrected chi connectivity index (χ3v) is 1.97. The summed E-state index contributed by atoms with van der Waals surface area (Å²) in [4.78, 5) is 20.6. The van der Waals surface area contributed by atoms with E-state index in [0.717, 1.165) is 6.07 Å². The van der Waals surface area contributed by atoms with Crippen molar-refractivity contribution in [1.29, 1.82) is 0 Å². The van der Waals surface area contributed by atoms with Crippen molar-refractivity contribution in [3.05, 3.63) is 32.8 Å². The molecule has 5 nitrogen and oxygen atoms in total. The van der Waals surface area contributed by atoms with Crippen molar-refractivity contribution in [2.75, 3.05) is 0 Å². The Kier molecular flexibility index (Phi) is 2.71. The molecule has 74 valence electrons. The van der Waals surface area contributed by atoms with Gasteiger partial charge < -0.3 is 5.11 Å². The van der Waals surface area contributed by atoms with E-state index in [-0.39, 0.29) is 10.6 Å². The van der Waals surface area contributed by atoms with E-state index in [1.807, 2.05) is 0 Å². The monoisotopic (exact) mass is 215 g/mol. The molecular weight excluding hydrogens is 210 g/mol. The minimum Gasteiger partial charge on any atom is -0.502 e. The van der Waals surface area contributed by atoms with Gasteiger partial charge in [0.05, 0.1) is 15.5 Å². The molecule has 0 amide bonds. The molecule has 0 saturated heterocycles. The summed E-state index contributed by atoms with van der Waals surface area (Å²) in [5.74, 6) is -1.20. The zero-order chi connectivity index (χ0) is 10.9. The lowest BCUT2D eigenvalue weighted by Gasteiger charge is -2.02. The van der Waals surface area contributed by atoms with Crippen molar-refractivity contribution in [2.24, 2.45) is 0 Å². The largest absolute Gasteiger partial charge is 0.502 e. The molecule has 0 spiro atoms. The van der Waals surface area contributed by atoms with E-state index in [1.54, 1.807) is 0 Å². The van der Waals surface area contributed by atoms with Gasteiger partial charge in [0.25, 0.3) is 0 Å². The van der Waals surface area contributed by atoms with Crippen LogP contribution in [0.4, 0.5) is 5.69 Å². The number of phenolic OH excluding ortho intramolecular Hbond substituents is 1. The van der Waals surface area contributed by atoms with Crippen LogP contribution >= 0.6 is 11.6 Å². The Balaban J connectivity index is 3.49. The van der Waals surface area contributed by atoms with E-state index < -0.39 is 22.1 Å². The molecule has 14 heavy (non-hydrogen) atoms. The molecule has 1 N–H and O–H groups in total. The summed E-state index contributed by atoms with van der Waals surface area (Å²) < 4.78 is 0. The normalized spacial score (nSPS) is 9.86. The van der Waals surface area contributed by atoms with E-state index in [0.29, 0.717) is 0 Å². The summed E-state index contributed by atoms with van der Waals surface area (Å²) in [6, 6.07) is 2.25. The SMILES string of the molecule is CC(=O)c1c(Cl)ccc([N+](=O)[O-])c1O. The number of Topliss-reactive ketones (excluding diaryl/α,β-unsaturated/α-hetero) is 1. The Labute approximate surface area is 84.1 Å². The summed E-state index contributed by atoms with van der Waals surface area (Å²) in [5, 5.41) is 19.8. The number of phenols is 1. The maximum atomic E-state index is 11.0. The number of nitro groups is 1. The first-order valence-corrected chi connectivity index (χ1v) is 3.99. The highest BCUT2D eigenvalue weighted by Crippen LogP contribution is 2.34. The number of rotatable bonds is 2. The van der Waals surface area contributed by atoms with Gasteiger partial charge in [-0.15, -0.1) is 0 Å². The molecule has 0 atom stereocenters. The number of nitro benzene ring substituents is 1. The smallest absolute Gasteiger partial charge is 0.311 e. The first-order valence-electron chi connectivity index (χ1n) is 3.62. The van der Waals surface area contributed by atoms with E-state index in [2.05, 4.69) is 0 Å². The first-order chi connectivity index (χ1) is 6.45. The predicted octanol–water partition coefficient (Wildman–Crippen LogP) is 2.16. The lowest BCUT2D eigenvalue weighted by Crippen LogP contribution is -1.98. The Hall–Kier alpha value is -1.62. The molecule has 0 radical (unpaired) electrons. The summed E-state index contributed by atoms with van der Waals surface area (Å²) >= 11 is 5.60. The van der Waals surface area contributed by atoms with Crippen molar-refractivity contribution in [3.8, 4) is 5.75 Å². The highest BCUT2D eigenvalue weighted by atomic mass is 35.5. The number of hydrogen-bond donors (Lipinski definition) is 1. The zero-order valence-electron chi connectivity index (χ0n) is 7.15. The molecule has 0 aliphatic rings. The predicted molar refractivity (Wildman–Crippen MR) is 49.8 cm³/mol. The van der Waals surface area contributed by atoms with Gasteiger partial charge in [0.15, 0.2) is 5.78 Å². The number of hydrogen-bond acceptors (Lipinski definition) is 4. The van der Waals surface area contributed by atoms with Crippen LogP contribution in [0.3, 0.4) is 0 Å². The number of aromatic hydroxyl groups is 1. The highest BCUT2D eigenvalue weighted by molar-refractivity contribution is 6.34. The molecule has 6 heteroatoms. The van der Waals surface area contributed by atoms with Crippen LogP contribution in [0, 0.1) is 10.1 Å². The van der Waals surface area contributed by atoms with Crippen molar-refractivity contribution >= 4 is 23.1 Å². The fraction of sp³-hybridized carbons (Fsp3) is 0.125. The zero-order valence-corrected chi connectivity index (χ0v) is 7.91. The summed E-state index contributed by atoms with van der Waals surface area (Å²) in [6.45, 7) is 1.17. The average molecular weight is 216 g/mol. The number of carbonyl (C=O) groups is 1. The van der Waals surface area contributed by atoms with Crippen LogP contribution < -0.4 is 0 Å². The Morgan fingerprint density at radius 3 is 2.57 bits per heavy atom. The summed E-state index contributed by atoms with van der Waals surface area (Å²) in [6.07, 6.45) is 0. The van der Waals surface area contributed by atoms with Crippen molar-refractivity contribution in [1.82, 2.24) is 0 Å². The quantitative estimate of drug-likeness (QED) is 0.466. The van der Waals surface area contributed by atoms with Crippen LogP contribution in [0.25, 0.3) is 0 Å². The maximum absolute atomic E-state index is 11.0. The van der Waals surface area contributed by atoms with Crippen LogP contribution in [0.15, 0.2) is 12.1 Å². The summed E-state index contributed by atoms with van der Waals surface area (Å²) in [7, 11) is 0. The summed E-state index contributed by atoms with van der Waals surface area (Å²) in [5.41, 5.74) is -0.750. The maximum Gasteiger partial charge on any atom is 0.311 e. The van der Waals surface area contributed by atoms with Gasteiger partial charge in [-0.3, -0.25) is 14.9 Å². The van der Waals surface area contributed by atoms with Gasteiger partial charge in [-0.25, -0.2) is 0 Å². The van der Waals surface area contributed by atoms with Gasteiger partial charge >= 0.3 is 5.69 Å². The second kappa shape index (κ2) is 3.63. The van der Waals surface area contributed by atoms with Crippen LogP contribution in [-0.2, 0) is 0 Å². The van der Waals surface area contributed by atoms with Crippen LogP contribution in [-0.4, -0.2) is 15.8 Å². The lowest BCUT2D eigenvalue weighted by atomic mass is 10.1. The molecule has 0 fully saturated rings. The molecule has 0 aliphatic heterocycles. The Morgan fingerprint density at radius 1 is 1.57 bits per heavy atom. The molecule has 0 unspecified atom stereocenters. The second-order valence-corrected chi connectivity index (χ2v) is 3.01. The van der Waals surface area contributed by atoms with Gasteiger partial charge in [0.1, 0.15) is 0 Å². The van der Waals surface area contributed by atoms with E-state index >= 15 is 0 Å². The first kappa shape index (κ1) is 10.5. The van der Waals surface area contributed by atoms with Crippen molar-refractivity contribution in [2.45, 2.75) is 6.92 Å². The molecule has 0 aliphatic carbocycles. The fourth-order valence-electron chi connectivity index (χ4n) is 1.04. The minimum atomic E-state index is -0.780. The van der Waals surface area contributed by atoms with E-state index in [9.17, 15) is 20.0 Å². The molecule has 0 heterocycles. The van der Waals surface area contributed by atoms with Crippen molar-refractivity contribution in [3.63, 3.8) is 0 Å². The molecular formula is C8H6ClNO4. The van der Waals surface area contributed by atoms with Gasteiger partial charge in [-0.05, 0) is 13.0 Å². The number of carbonyl (C=O) groups excluding carboxylic acids is 1. The molecule has 1 aromatic carbocycles. The molecule has 0 bridgehead atoms. The number of benzene rings is 1. The Morgan fingerprint density at radius 2 is 2.14 bits per heavy atom. The molecule has 0 saturated carbocycles. The van der Waals surface area contributed by atoms with Crippen LogP contribution in [0.2, 0.25) is 5.02 Å². The van der Waals surface area contributed by atoms with Gasteiger partial charge in [-0.1, -0.05) is 11.6 Å². The lowest BCUT2D eigenvalue weighted by molar-refractivity contribution is -0.385. The minimum absolute atomic E-state index is 0.000556. The third-order valence-electron chi connectivity index (χ3n) is 1.65. The Bertz CT molecular complexity index is 416. The number of ketones is 1. The van der Waals surface area contributed by atoms with E-state index in [1.165, 1.54) is 13.0 Å². The highest BCUT2D eigenvalue weighted by Gasteiger charge is 2.21.